The second-order valence-electron chi connectivity index (χ2n) is 6.24. The minimum atomic E-state index is -4.66. The van der Waals surface area contributed by atoms with Crippen LogP contribution in [-0.2, 0) is 10.9 Å². The zero-order valence-corrected chi connectivity index (χ0v) is 16.8. The highest BCUT2D eigenvalue weighted by atomic mass is 32.1. The van der Waals surface area contributed by atoms with Crippen LogP contribution in [0.2, 0.25) is 0 Å². The number of nitrogens with zero attached hydrogens (tertiary/aromatic N) is 3. The molecule has 0 radical (unpaired) electrons. The van der Waals surface area contributed by atoms with Gasteiger partial charge in [-0.15, -0.1) is 11.3 Å². The lowest BCUT2D eigenvalue weighted by Crippen LogP contribution is -2.17. The van der Waals surface area contributed by atoms with Crippen LogP contribution in [0, 0.1) is 20.8 Å². The first-order valence-corrected chi connectivity index (χ1v) is 9.37. The summed E-state index contributed by atoms with van der Waals surface area (Å²) >= 11 is 1.17. The molecule has 3 aromatic heterocycles. The standard InChI is InChI=1S/C18H17F3N4O3S/c1-5-28-17(27)14-9(3)10(4)29-16(14)23-15(26)11-7-13-22-8(2)6-12(18(19,20)21)25(13)24-11/h6-7H,5H2,1-4H3,(H,23,26). The summed E-state index contributed by atoms with van der Waals surface area (Å²) in [5, 5.41) is 6.57. The van der Waals surface area contributed by atoms with E-state index in [9.17, 15) is 22.8 Å². The number of nitrogens with one attached hydrogen (secondary N) is 1. The zero-order chi connectivity index (χ0) is 21.5. The molecule has 1 amide bonds. The lowest BCUT2D eigenvalue weighted by molar-refractivity contribution is -0.142. The Hall–Kier alpha value is -2.95. The second kappa shape index (κ2) is 7.47. The summed E-state index contributed by atoms with van der Waals surface area (Å²) in [5.74, 6) is -1.34. The van der Waals surface area contributed by atoms with Gasteiger partial charge in [-0.05, 0) is 39.3 Å². The van der Waals surface area contributed by atoms with Crippen LogP contribution in [0.3, 0.4) is 0 Å². The summed E-state index contributed by atoms with van der Waals surface area (Å²) in [5.41, 5.74) is -0.370. The minimum absolute atomic E-state index is 0.105. The Morgan fingerprint density at radius 1 is 1.24 bits per heavy atom. The Balaban J connectivity index is 2.00. The van der Waals surface area contributed by atoms with Crippen LogP contribution in [0.5, 0.6) is 0 Å². The van der Waals surface area contributed by atoms with Gasteiger partial charge < -0.3 is 10.1 Å². The number of anilines is 1. The molecule has 0 spiro atoms. The molecule has 3 aromatic rings. The van der Waals surface area contributed by atoms with Crippen molar-refractivity contribution in [2.24, 2.45) is 0 Å². The number of hydrogen-bond donors (Lipinski definition) is 1. The SMILES string of the molecule is CCOC(=O)c1c(NC(=O)c2cc3nc(C)cc(C(F)(F)F)n3n2)sc(C)c1C. The summed E-state index contributed by atoms with van der Waals surface area (Å²) in [6, 6.07) is 2.02. The number of aromatic nitrogens is 3. The van der Waals surface area contributed by atoms with E-state index in [0.717, 1.165) is 17.0 Å². The van der Waals surface area contributed by atoms with Gasteiger partial charge in [0.15, 0.2) is 11.3 Å². The van der Waals surface area contributed by atoms with E-state index in [1.165, 1.54) is 18.3 Å². The number of hydrogen-bond acceptors (Lipinski definition) is 6. The van der Waals surface area contributed by atoms with Gasteiger partial charge in [-0.25, -0.2) is 14.3 Å². The van der Waals surface area contributed by atoms with Crippen molar-refractivity contribution in [1.29, 1.82) is 0 Å². The van der Waals surface area contributed by atoms with Gasteiger partial charge in [-0.3, -0.25) is 4.79 Å². The van der Waals surface area contributed by atoms with Crippen LogP contribution < -0.4 is 5.32 Å². The van der Waals surface area contributed by atoms with E-state index < -0.39 is 23.7 Å². The molecule has 0 saturated carbocycles. The quantitative estimate of drug-likeness (QED) is 0.633. The number of alkyl halides is 3. The van der Waals surface area contributed by atoms with Crippen molar-refractivity contribution < 1.29 is 27.5 Å². The second-order valence-corrected chi connectivity index (χ2v) is 7.47. The van der Waals surface area contributed by atoms with Gasteiger partial charge in [0, 0.05) is 16.6 Å². The van der Waals surface area contributed by atoms with Crippen LogP contribution in [0.4, 0.5) is 18.2 Å². The van der Waals surface area contributed by atoms with Crippen molar-refractivity contribution in [3.05, 3.63) is 45.2 Å². The molecule has 1 N–H and O–H groups in total. The molecule has 154 valence electrons. The highest BCUT2D eigenvalue weighted by Crippen LogP contribution is 2.34. The van der Waals surface area contributed by atoms with Crippen LogP contribution in [0.15, 0.2) is 12.1 Å². The Bertz CT molecular complexity index is 1120. The van der Waals surface area contributed by atoms with Gasteiger partial charge in [0.25, 0.3) is 5.91 Å². The van der Waals surface area contributed by atoms with Gasteiger partial charge >= 0.3 is 12.1 Å². The molecule has 11 heteroatoms. The number of carbonyl (C=O) groups excluding carboxylic acids is 2. The molecule has 0 unspecified atom stereocenters. The van der Waals surface area contributed by atoms with Crippen molar-refractivity contribution in [1.82, 2.24) is 14.6 Å². The number of esters is 1. The lowest BCUT2D eigenvalue weighted by atomic mass is 10.1. The van der Waals surface area contributed by atoms with Gasteiger partial charge in [-0.1, -0.05) is 0 Å². The molecule has 0 aliphatic heterocycles. The average Bonchev–Trinajstić information content (AvgIpc) is 3.15. The van der Waals surface area contributed by atoms with E-state index >= 15 is 0 Å². The predicted molar refractivity (Wildman–Crippen MR) is 100 cm³/mol. The first-order valence-electron chi connectivity index (χ1n) is 8.56. The third-order valence-corrected chi connectivity index (χ3v) is 5.29. The lowest BCUT2D eigenvalue weighted by Gasteiger charge is -2.09. The molecule has 0 aliphatic carbocycles. The first kappa shape index (κ1) is 20.8. The van der Waals surface area contributed by atoms with E-state index in [4.69, 9.17) is 4.74 Å². The Morgan fingerprint density at radius 2 is 1.93 bits per heavy atom. The van der Waals surface area contributed by atoms with Gasteiger partial charge in [0.2, 0.25) is 0 Å². The van der Waals surface area contributed by atoms with E-state index in [2.05, 4.69) is 15.4 Å². The molecule has 7 nitrogen and oxygen atoms in total. The van der Waals surface area contributed by atoms with Gasteiger partial charge in [-0.2, -0.15) is 18.3 Å². The maximum absolute atomic E-state index is 13.3. The zero-order valence-electron chi connectivity index (χ0n) is 16.0. The molecule has 0 aliphatic rings. The molecule has 0 fully saturated rings. The van der Waals surface area contributed by atoms with Crippen molar-refractivity contribution in [2.75, 3.05) is 11.9 Å². The van der Waals surface area contributed by atoms with Crippen molar-refractivity contribution in [3.63, 3.8) is 0 Å². The number of amides is 1. The maximum Gasteiger partial charge on any atom is 0.433 e. The first-order chi connectivity index (χ1) is 13.5. The molecular weight excluding hydrogens is 409 g/mol. The van der Waals surface area contributed by atoms with E-state index in [1.807, 2.05) is 0 Å². The summed E-state index contributed by atoms with van der Waals surface area (Å²) in [4.78, 5) is 29.7. The van der Waals surface area contributed by atoms with Crippen LogP contribution in [0.1, 0.15) is 49.6 Å². The fraction of sp³-hybridized carbons (Fsp3) is 0.333. The smallest absolute Gasteiger partial charge is 0.433 e. The molecule has 3 rings (SSSR count). The Morgan fingerprint density at radius 3 is 2.55 bits per heavy atom. The predicted octanol–water partition coefficient (Wildman–Crippen LogP) is 4.16. The summed E-state index contributed by atoms with van der Waals surface area (Å²) < 4.78 is 45.4. The number of aryl methyl sites for hydroxylation is 2. The average molecular weight is 426 g/mol. The van der Waals surface area contributed by atoms with E-state index in [1.54, 1.807) is 20.8 Å². The fourth-order valence-corrected chi connectivity index (χ4v) is 3.79. The van der Waals surface area contributed by atoms with Gasteiger partial charge in [0.05, 0.1) is 12.2 Å². The number of thiophene rings is 1. The van der Waals surface area contributed by atoms with Crippen LogP contribution in [-0.4, -0.2) is 33.1 Å². The van der Waals surface area contributed by atoms with Crippen LogP contribution >= 0.6 is 11.3 Å². The molecular formula is C18H17F3N4O3S. The molecule has 3 heterocycles. The molecule has 29 heavy (non-hydrogen) atoms. The maximum atomic E-state index is 13.3. The summed E-state index contributed by atoms with van der Waals surface area (Å²) in [6.45, 7) is 6.75. The molecule has 0 saturated heterocycles. The number of ether oxygens (including phenoxy) is 1. The highest BCUT2D eigenvalue weighted by molar-refractivity contribution is 7.16. The minimum Gasteiger partial charge on any atom is -0.462 e. The normalized spacial score (nSPS) is 11.7. The number of rotatable bonds is 4. The summed E-state index contributed by atoms with van der Waals surface area (Å²) in [7, 11) is 0. The number of fused-ring (bicyclic) bond motifs is 1. The Kier molecular flexibility index (Phi) is 5.35. The van der Waals surface area contributed by atoms with E-state index in [-0.39, 0.29) is 34.2 Å². The largest absolute Gasteiger partial charge is 0.462 e. The topological polar surface area (TPSA) is 85.6 Å². The van der Waals surface area contributed by atoms with Crippen LogP contribution in [0.25, 0.3) is 5.65 Å². The van der Waals surface area contributed by atoms with Gasteiger partial charge in [0.1, 0.15) is 10.7 Å². The third-order valence-electron chi connectivity index (χ3n) is 4.17. The third kappa shape index (κ3) is 3.95. The molecule has 0 bridgehead atoms. The fourth-order valence-electron chi connectivity index (χ4n) is 2.74. The highest BCUT2D eigenvalue weighted by Gasteiger charge is 2.35. The summed E-state index contributed by atoms with van der Waals surface area (Å²) in [6.07, 6.45) is -4.66. The van der Waals surface area contributed by atoms with E-state index in [0.29, 0.717) is 10.1 Å². The van der Waals surface area contributed by atoms with Crippen molar-refractivity contribution >= 4 is 33.9 Å². The number of halogens is 3. The number of carbonyl (C=O) groups is 2. The Labute approximate surface area is 167 Å². The van der Waals surface area contributed by atoms with Crippen molar-refractivity contribution in [3.8, 4) is 0 Å². The van der Waals surface area contributed by atoms with Crippen molar-refractivity contribution in [2.45, 2.75) is 33.9 Å². The molecule has 0 atom stereocenters. The molecule has 0 aromatic carbocycles. The monoisotopic (exact) mass is 426 g/mol.